The van der Waals surface area contributed by atoms with Crippen molar-refractivity contribution in [3.63, 3.8) is 0 Å². The summed E-state index contributed by atoms with van der Waals surface area (Å²) in [6.45, 7) is 1.08. The van der Waals surface area contributed by atoms with E-state index < -0.39 is 10.0 Å². The van der Waals surface area contributed by atoms with E-state index in [1.807, 2.05) is 0 Å². The molecule has 1 fully saturated rings. The molecule has 0 bridgehead atoms. The van der Waals surface area contributed by atoms with E-state index in [-0.39, 0.29) is 12.3 Å². The smallest absolute Gasteiger partial charge is 0.221 e. The number of hydrogen-bond donors (Lipinski definition) is 1. The van der Waals surface area contributed by atoms with Crippen LogP contribution in [0.1, 0.15) is 6.42 Å². The number of nitrogens with zero attached hydrogens (tertiary/aromatic N) is 1. The lowest BCUT2D eigenvalue weighted by molar-refractivity contribution is -0.120. The first kappa shape index (κ1) is 9.47. The highest BCUT2D eigenvalue weighted by Gasteiger charge is 2.20. The van der Waals surface area contributed by atoms with Crippen LogP contribution in [0.5, 0.6) is 0 Å². The minimum absolute atomic E-state index is 0.0823. The highest BCUT2D eigenvalue weighted by Crippen LogP contribution is 2.01. The summed E-state index contributed by atoms with van der Waals surface area (Å²) in [5.41, 5.74) is 0. The predicted octanol–water partition coefficient (Wildman–Crippen LogP) is -1.23. The normalized spacial score (nSPS) is 21.6. The van der Waals surface area contributed by atoms with Crippen molar-refractivity contribution in [1.29, 1.82) is 0 Å². The van der Waals surface area contributed by atoms with Gasteiger partial charge in [0.1, 0.15) is 0 Å². The first-order chi connectivity index (χ1) is 5.50. The average molecular weight is 192 g/mol. The zero-order valence-corrected chi connectivity index (χ0v) is 7.73. The molecule has 1 heterocycles. The SMILES string of the molecule is CS(=O)(=O)N1CCNC(=O)CC1. The molecule has 12 heavy (non-hydrogen) atoms. The Hall–Kier alpha value is -0.620. The Balaban J connectivity index is 2.64. The van der Waals surface area contributed by atoms with Gasteiger partial charge in [-0.25, -0.2) is 8.42 Å². The molecule has 1 aliphatic heterocycles. The first-order valence-electron chi connectivity index (χ1n) is 3.72. The van der Waals surface area contributed by atoms with Crippen molar-refractivity contribution in [3.8, 4) is 0 Å². The number of amides is 1. The number of rotatable bonds is 1. The Labute approximate surface area is 71.8 Å². The summed E-state index contributed by atoms with van der Waals surface area (Å²) in [6.07, 6.45) is 1.41. The van der Waals surface area contributed by atoms with Crippen LogP contribution in [-0.2, 0) is 14.8 Å². The highest BCUT2D eigenvalue weighted by atomic mass is 32.2. The molecule has 5 nitrogen and oxygen atoms in total. The maximum Gasteiger partial charge on any atom is 0.221 e. The van der Waals surface area contributed by atoms with Crippen molar-refractivity contribution in [1.82, 2.24) is 9.62 Å². The monoisotopic (exact) mass is 192 g/mol. The van der Waals surface area contributed by atoms with Gasteiger partial charge in [-0.3, -0.25) is 4.79 Å². The van der Waals surface area contributed by atoms with E-state index in [1.54, 1.807) is 0 Å². The van der Waals surface area contributed by atoms with E-state index in [0.717, 1.165) is 6.26 Å². The van der Waals surface area contributed by atoms with Crippen LogP contribution in [0, 0.1) is 0 Å². The number of nitrogens with one attached hydrogen (secondary N) is 1. The Kier molecular flexibility index (Phi) is 2.69. The molecular weight excluding hydrogens is 180 g/mol. The lowest BCUT2D eigenvalue weighted by atomic mass is 10.4. The van der Waals surface area contributed by atoms with Crippen LogP contribution < -0.4 is 5.32 Å². The molecule has 0 saturated carbocycles. The van der Waals surface area contributed by atoms with Gasteiger partial charge in [-0.05, 0) is 0 Å². The Bertz CT molecular complexity index is 273. The van der Waals surface area contributed by atoms with Crippen molar-refractivity contribution in [2.75, 3.05) is 25.9 Å². The van der Waals surface area contributed by atoms with Crippen molar-refractivity contribution in [2.24, 2.45) is 0 Å². The molecule has 0 unspecified atom stereocenters. The van der Waals surface area contributed by atoms with Crippen LogP contribution in [0.3, 0.4) is 0 Å². The number of hydrogen-bond acceptors (Lipinski definition) is 3. The average Bonchev–Trinajstić information content (AvgIpc) is 2.11. The molecule has 0 aliphatic carbocycles. The highest BCUT2D eigenvalue weighted by molar-refractivity contribution is 7.88. The second-order valence-corrected chi connectivity index (χ2v) is 4.74. The maximum absolute atomic E-state index is 11.0. The van der Waals surface area contributed by atoms with Crippen molar-refractivity contribution >= 4 is 15.9 Å². The molecule has 0 aromatic rings. The van der Waals surface area contributed by atoms with E-state index in [1.165, 1.54) is 4.31 Å². The summed E-state index contributed by atoms with van der Waals surface area (Å²) in [5, 5.41) is 2.60. The number of carbonyl (C=O) groups is 1. The molecule has 1 aliphatic rings. The van der Waals surface area contributed by atoms with Crippen LogP contribution >= 0.6 is 0 Å². The molecule has 0 radical (unpaired) electrons. The van der Waals surface area contributed by atoms with E-state index in [2.05, 4.69) is 5.32 Å². The second-order valence-electron chi connectivity index (χ2n) is 2.76. The minimum atomic E-state index is -3.13. The molecule has 1 saturated heterocycles. The standard InChI is InChI=1S/C6H12N2O3S/c1-12(10,11)8-4-2-6(9)7-3-5-8/h2-5H2,1H3,(H,7,9). The summed E-state index contributed by atoms with van der Waals surface area (Å²) < 4.78 is 23.4. The molecule has 70 valence electrons. The van der Waals surface area contributed by atoms with Crippen LogP contribution in [0.15, 0.2) is 0 Å². The molecule has 6 heteroatoms. The molecule has 0 atom stereocenters. The minimum Gasteiger partial charge on any atom is -0.355 e. The molecule has 0 aromatic carbocycles. The van der Waals surface area contributed by atoms with Gasteiger partial charge >= 0.3 is 0 Å². The third-order valence-electron chi connectivity index (χ3n) is 1.74. The summed E-state index contributed by atoms with van der Waals surface area (Å²) in [4.78, 5) is 10.8. The number of sulfonamides is 1. The Morgan fingerprint density at radius 3 is 2.67 bits per heavy atom. The van der Waals surface area contributed by atoms with Gasteiger partial charge in [0, 0.05) is 26.1 Å². The molecule has 0 aromatic heterocycles. The quantitative estimate of drug-likeness (QED) is 0.565. The van der Waals surface area contributed by atoms with E-state index in [0.29, 0.717) is 19.6 Å². The fraction of sp³-hybridized carbons (Fsp3) is 0.833. The zero-order chi connectivity index (χ0) is 9.19. The van der Waals surface area contributed by atoms with Crippen molar-refractivity contribution < 1.29 is 13.2 Å². The van der Waals surface area contributed by atoms with Gasteiger partial charge < -0.3 is 5.32 Å². The topological polar surface area (TPSA) is 66.5 Å². The van der Waals surface area contributed by atoms with Gasteiger partial charge in [0.15, 0.2) is 0 Å². The zero-order valence-electron chi connectivity index (χ0n) is 6.91. The molecule has 1 rings (SSSR count). The van der Waals surface area contributed by atoms with E-state index in [9.17, 15) is 13.2 Å². The van der Waals surface area contributed by atoms with E-state index in [4.69, 9.17) is 0 Å². The Morgan fingerprint density at radius 2 is 2.08 bits per heavy atom. The third kappa shape index (κ3) is 2.46. The summed E-state index contributed by atoms with van der Waals surface area (Å²) in [6, 6.07) is 0. The molecule has 0 spiro atoms. The predicted molar refractivity (Wildman–Crippen MR) is 44.0 cm³/mol. The molecular formula is C6H12N2O3S. The van der Waals surface area contributed by atoms with Crippen molar-refractivity contribution in [2.45, 2.75) is 6.42 Å². The van der Waals surface area contributed by atoms with Gasteiger partial charge in [0.05, 0.1) is 6.26 Å². The summed E-state index contributed by atoms with van der Waals surface area (Å²) in [7, 11) is -3.13. The fourth-order valence-corrected chi connectivity index (χ4v) is 1.92. The van der Waals surface area contributed by atoms with Gasteiger partial charge in [-0.2, -0.15) is 4.31 Å². The van der Waals surface area contributed by atoms with Gasteiger partial charge in [0.25, 0.3) is 0 Å². The van der Waals surface area contributed by atoms with E-state index >= 15 is 0 Å². The fourth-order valence-electron chi connectivity index (χ4n) is 1.08. The molecule has 1 N–H and O–H groups in total. The second kappa shape index (κ2) is 3.40. The first-order valence-corrected chi connectivity index (χ1v) is 5.57. The third-order valence-corrected chi connectivity index (χ3v) is 3.04. The van der Waals surface area contributed by atoms with Crippen molar-refractivity contribution in [3.05, 3.63) is 0 Å². The van der Waals surface area contributed by atoms with Crippen LogP contribution in [0.25, 0.3) is 0 Å². The van der Waals surface area contributed by atoms with Crippen LogP contribution in [0.4, 0.5) is 0 Å². The summed E-state index contributed by atoms with van der Waals surface area (Å²) in [5.74, 6) is -0.0823. The summed E-state index contributed by atoms with van der Waals surface area (Å²) >= 11 is 0. The molecule has 1 amide bonds. The van der Waals surface area contributed by atoms with Gasteiger partial charge in [-0.15, -0.1) is 0 Å². The maximum atomic E-state index is 11.0. The number of carbonyl (C=O) groups excluding carboxylic acids is 1. The van der Waals surface area contributed by atoms with Crippen LogP contribution in [0.2, 0.25) is 0 Å². The van der Waals surface area contributed by atoms with Gasteiger partial charge in [-0.1, -0.05) is 0 Å². The van der Waals surface area contributed by atoms with Gasteiger partial charge in [0.2, 0.25) is 15.9 Å². The Morgan fingerprint density at radius 1 is 1.42 bits per heavy atom. The lowest BCUT2D eigenvalue weighted by Crippen LogP contribution is -2.33. The largest absolute Gasteiger partial charge is 0.355 e. The van der Waals surface area contributed by atoms with Crippen LogP contribution in [-0.4, -0.2) is 44.5 Å². The lowest BCUT2D eigenvalue weighted by Gasteiger charge is -2.15.